The van der Waals surface area contributed by atoms with Gasteiger partial charge in [0.1, 0.15) is 0 Å². The van der Waals surface area contributed by atoms with Crippen molar-refractivity contribution in [3.05, 3.63) is 0 Å². The van der Waals surface area contributed by atoms with Crippen molar-refractivity contribution < 1.29 is 18.2 Å². The third-order valence-electron chi connectivity index (χ3n) is 0. The van der Waals surface area contributed by atoms with Gasteiger partial charge in [-0.3, -0.25) is 0 Å². The maximum atomic E-state index is 5.00. The van der Waals surface area contributed by atoms with E-state index in [1.54, 1.807) is 0 Å². The Labute approximate surface area is 60.2 Å². The minimum atomic E-state index is -2.13. The van der Waals surface area contributed by atoms with E-state index in [4.69, 9.17) is 25.5 Å². The van der Waals surface area contributed by atoms with Crippen molar-refractivity contribution >= 4 is 42.9 Å². The number of rotatable bonds is 0. The second-order valence-corrected chi connectivity index (χ2v) is 11.4. The van der Waals surface area contributed by atoms with Crippen molar-refractivity contribution in [2.24, 2.45) is 0 Å². The first-order chi connectivity index (χ1) is 1.73. The van der Waals surface area contributed by atoms with Gasteiger partial charge in [0.15, 0.2) is 17.4 Å². The van der Waals surface area contributed by atoms with Crippen LogP contribution in [-0.2, 0) is 18.2 Å². The molecular weight excluding hydrogens is 225 g/mol. The molecule has 0 saturated heterocycles. The average Bonchev–Trinajstić information content (AvgIpc) is 0.811. The molecule has 0 fully saturated rings. The first kappa shape index (κ1) is 10.3. The Morgan fingerprint density at radius 2 is 1.00 bits per heavy atom. The fourth-order valence-electron chi connectivity index (χ4n) is 0. The van der Waals surface area contributed by atoms with Crippen LogP contribution >= 0.6 is 25.5 Å². The molecule has 0 N–H and O–H groups in total. The summed E-state index contributed by atoms with van der Waals surface area (Å²) in [5.41, 5.74) is 0. The zero-order valence-electron chi connectivity index (χ0n) is 1.63. The molecular formula is H3AlCl3Zr. The Morgan fingerprint density at radius 3 is 1.00 bits per heavy atom. The van der Waals surface area contributed by atoms with Gasteiger partial charge in [-0.25, -0.2) is 0 Å². The van der Waals surface area contributed by atoms with Crippen molar-refractivity contribution in [1.29, 1.82) is 0 Å². The maximum absolute atomic E-state index is 5.00. The van der Waals surface area contributed by atoms with E-state index in [1.165, 1.54) is 0 Å². The quantitative estimate of drug-likeness (QED) is 0.539. The van der Waals surface area contributed by atoms with E-state index in [1.807, 2.05) is 0 Å². The van der Waals surface area contributed by atoms with Crippen LogP contribution in [0.3, 0.4) is 0 Å². The van der Waals surface area contributed by atoms with E-state index >= 15 is 0 Å². The Hall–Kier alpha value is 2.29. The van der Waals surface area contributed by atoms with Gasteiger partial charge in [-0.05, 0) is 0 Å². The molecule has 0 aliphatic carbocycles. The van der Waals surface area contributed by atoms with Crippen LogP contribution in [0.5, 0.6) is 0 Å². The standard InChI is InChI=1S/Al.3ClH.Zr.3H/h;3*1H;;;;/q;;;;+3;;;/p-3. The fraction of sp³-hybridized carbons (Fsp3) is 0. The van der Waals surface area contributed by atoms with Crippen LogP contribution in [0.1, 0.15) is 0 Å². The van der Waals surface area contributed by atoms with Gasteiger partial charge < -0.3 is 0 Å². The first-order valence-electron chi connectivity index (χ1n) is 0.567. The van der Waals surface area contributed by atoms with Crippen molar-refractivity contribution in [2.75, 3.05) is 0 Å². The van der Waals surface area contributed by atoms with E-state index in [0.29, 0.717) is 0 Å². The van der Waals surface area contributed by atoms with Crippen LogP contribution in [0.2, 0.25) is 0 Å². The van der Waals surface area contributed by atoms with Gasteiger partial charge in [0.05, 0.1) is 0 Å². The number of hydrogen-bond acceptors (Lipinski definition) is 0. The van der Waals surface area contributed by atoms with Crippen LogP contribution in [0.15, 0.2) is 0 Å². The molecule has 0 unspecified atom stereocenters. The van der Waals surface area contributed by atoms with Gasteiger partial charge in [-0.2, -0.15) is 0 Å². The van der Waals surface area contributed by atoms with Crippen molar-refractivity contribution in [3.63, 3.8) is 0 Å². The third kappa shape index (κ3) is 22.1. The van der Waals surface area contributed by atoms with E-state index in [0.717, 1.165) is 0 Å². The third-order valence-corrected chi connectivity index (χ3v) is 0. The molecule has 0 aromatic heterocycles. The zero-order valence-corrected chi connectivity index (χ0v) is 6.36. The second-order valence-electron chi connectivity index (χ2n) is 0.214. The molecule has 0 atom stereocenters. The molecule has 0 rings (SSSR count). The SMILES string of the molecule is [AlH3].[Cl][Zr]([Cl])[Cl]. The summed E-state index contributed by atoms with van der Waals surface area (Å²) in [6.07, 6.45) is 0. The summed E-state index contributed by atoms with van der Waals surface area (Å²) in [4.78, 5) is 0. The monoisotopic (exact) mass is 225 g/mol. The van der Waals surface area contributed by atoms with Gasteiger partial charge in [0.2, 0.25) is 0 Å². The molecule has 0 radical (unpaired) electrons. The summed E-state index contributed by atoms with van der Waals surface area (Å²) in [7, 11) is 15.0. The van der Waals surface area contributed by atoms with E-state index in [9.17, 15) is 0 Å². The molecule has 0 aromatic rings. The molecule has 0 aromatic carbocycles. The van der Waals surface area contributed by atoms with Gasteiger partial charge in [0.25, 0.3) is 0 Å². The number of hydrogen-bond donors (Lipinski definition) is 0. The van der Waals surface area contributed by atoms with Gasteiger partial charge in [-0.1, -0.05) is 0 Å². The summed E-state index contributed by atoms with van der Waals surface area (Å²) in [6.45, 7) is 0. The van der Waals surface area contributed by atoms with Crippen LogP contribution in [-0.4, -0.2) is 17.4 Å². The van der Waals surface area contributed by atoms with Crippen LogP contribution in [0, 0.1) is 0 Å². The van der Waals surface area contributed by atoms with Crippen LogP contribution < -0.4 is 0 Å². The van der Waals surface area contributed by atoms with E-state index < -0.39 is 18.2 Å². The Morgan fingerprint density at radius 1 is 1.00 bits per heavy atom. The topological polar surface area (TPSA) is 0 Å². The molecule has 0 heterocycles. The normalized spacial score (nSPS) is 5.40. The van der Waals surface area contributed by atoms with Gasteiger partial charge in [0, 0.05) is 0 Å². The van der Waals surface area contributed by atoms with Gasteiger partial charge in [-0.15, -0.1) is 0 Å². The molecule has 0 aliphatic heterocycles. The molecule has 31 valence electrons. The predicted molar refractivity (Wildman–Crippen MR) is 27.5 cm³/mol. The summed E-state index contributed by atoms with van der Waals surface area (Å²) < 4.78 is 0. The second kappa shape index (κ2) is 6.29. The van der Waals surface area contributed by atoms with Crippen LogP contribution in [0.25, 0.3) is 0 Å². The van der Waals surface area contributed by atoms with E-state index in [2.05, 4.69) is 0 Å². The molecule has 5 heavy (non-hydrogen) atoms. The van der Waals surface area contributed by atoms with E-state index in [-0.39, 0.29) is 17.4 Å². The van der Waals surface area contributed by atoms with Crippen molar-refractivity contribution in [3.8, 4) is 0 Å². The molecule has 0 spiro atoms. The molecule has 0 aliphatic rings. The first-order valence-corrected chi connectivity index (χ1v) is 10.1. The summed E-state index contributed by atoms with van der Waals surface area (Å²) in [5.74, 6) is 0. The number of halogens is 3. The predicted octanol–water partition coefficient (Wildman–Crippen LogP) is 0.882. The minimum absolute atomic E-state index is 0. The Kier molecular flexibility index (Phi) is 13.0. The fourth-order valence-corrected chi connectivity index (χ4v) is 0. The molecule has 0 bridgehead atoms. The van der Waals surface area contributed by atoms with Crippen molar-refractivity contribution in [1.82, 2.24) is 0 Å². The Bertz CT molecular complexity index is 11.6. The average molecular weight is 228 g/mol. The molecule has 0 amide bonds. The Balaban J connectivity index is 0. The molecule has 0 nitrogen and oxygen atoms in total. The summed E-state index contributed by atoms with van der Waals surface area (Å²) in [6, 6.07) is 0. The van der Waals surface area contributed by atoms with Crippen LogP contribution in [0.4, 0.5) is 0 Å². The molecule has 5 heteroatoms. The summed E-state index contributed by atoms with van der Waals surface area (Å²) in [5, 5.41) is 0. The molecule has 0 saturated carbocycles. The summed E-state index contributed by atoms with van der Waals surface area (Å²) >= 11 is -2.13. The van der Waals surface area contributed by atoms with Gasteiger partial charge >= 0.3 is 43.7 Å². The van der Waals surface area contributed by atoms with Crippen molar-refractivity contribution in [2.45, 2.75) is 0 Å². The zero-order chi connectivity index (χ0) is 3.58.